The molecule has 0 aliphatic carbocycles. The molecule has 0 aliphatic rings. The fourth-order valence-corrected chi connectivity index (χ4v) is 2.21. The fourth-order valence-electron chi connectivity index (χ4n) is 2.21. The fraction of sp³-hybridized carbons (Fsp3) is 0.929. The lowest BCUT2D eigenvalue weighted by Crippen LogP contribution is -2.42. The van der Waals surface area contributed by atoms with E-state index in [1.165, 1.54) is 32.1 Å². The van der Waals surface area contributed by atoms with Crippen LogP contribution < -0.4 is 0 Å². The lowest BCUT2D eigenvalue weighted by molar-refractivity contribution is -0.139. The van der Waals surface area contributed by atoms with E-state index in [0.717, 1.165) is 6.42 Å². The predicted molar refractivity (Wildman–Crippen MR) is 72.3 cm³/mol. The number of hydrogen-bond donors (Lipinski definition) is 1. The van der Waals surface area contributed by atoms with Gasteiger partial charge in [0.05, 0.1) is 6.54 Å². The van der Waals surface area contributed by atoms with Crippen LogP contribution in [0.5, 0.6) is 0 Å². The monoisotopic (exact) mass is 243 g/mol. The Morgan fingerprint density at radius 1 is 1.12 bits per heavy atom. The van der Waals surface area contributed by atoms with E-state index in [0.29, 0.717) is 12.1 Å². The quantitative estimate of drug-likeness (QED) is 0.597. The molecule has 0 amide bonds. The molecule has 1 unspecified atom stereocenters. The topological polar surface area (TPSA) is 40.5 Å². The van der Waals surface area contributed by atoms with Crippen LogP contribution in [-0.2, 0) is 4.79 Å². The lowest BCUT2D eigenvalue weighted by Gasteiger charge is -2.31. The summed E-state index contributed by atoms with van der Waals surface area (Å²) < 4.78 is 0. The van der Waals surface area contributed by atoms with Crippen LogP contribution in [0.1, 0.15) is 66.2 Å². The van der Waals surface area contributed by atoms with Crippen molar-refractivity contribution in [3.8, 4) is 0 Å². The molecular weight excluding hydrogens is 214 g/mol. The van der Waals surface area contributed by atoms with E-state index in [4.69, 9.17) is 5.11 Å². The molecule has 102 valence electrons. The molecule has 0 aromatic rings. The summed E-state index contributed by atoms with van der Waals surface area (Å²) in [6.07, 6.45) is 7.49. The number of unbranched alkanes of at least 4 members (excludes halogenated alkanes) is 4. The van der Waals surface area contributed by atoms with Crippen molar-refractivity contribution in [3.63, 3.8) is 0 Å². The minimum Gasteiger partial charge on any atom is -0.480 e. The first-order valence-electron chi connectivity index (χ1n) is 6.96. The number of hydrogen-bond acceptors (Lipinski definition) is 2. The number of nitrogens with zero attached hydrogens (tertiary/aromatic N) is 1. The number of carbonyl (C=O) groups is 1. The van der Waals surface area contributed by atoms with Gasteiger partial charge in [-0.3, -0.25) is 9.69 Å². The highest BCUT2D eigenvalue weighted by atomic mass is 16.4. The smallest absolute Gasteiger partial charge is 0.317 e. The summed E-state index contributed by atoms with van der Waals surface area (Å²) in [4.78, 5) is 12.9. The average molecular weight is 243 g/mol. The van der Waals surface area contributed by atoms with Gasteiger partial charge in [0.1, 0.15) is 0 Å². The minimum atomic E-state index is -0.725. The van der Waals surface area contributed by atoms with E-state index >= 15 is 0 Å². The molecule has 1 atom stereocenters. The van der Waals surface area contributed by atoms with E-state index in [1.54, 1.807) is 0 Å². The van der Waals surface area contributed by atoms with Crippen molar-refractivity contribution in [2.75, 3.05) is 6.54 Å². The lowest BCUT2D eigenvalue weighted by atomic mass is 10.1. The summed E-state index contributed by atoms with van der Waals surface area (Å²) in [6.45, 7) is 8.65. The van der Waals surface area contributed by atoms with E-state index in [2.05, 4.69) is 32.6 Å². The molecule has 3 nitrogen and oxygen atoms in total. The molecule has 3 heteroatoms. The van der Waals surface area contributed by atoms with Crippen molar-refractivity contribution in [3.05, 3.63) is 0 Å². The van der Waals surface area contributed by atoms with Crippen LogP contribution in [0.25, 0.3) is 0 Å². The Kier molecular flexibility index (Phi) is 9.14. The molecule has 1 N–H and O–H groups in total. The van der Waals surface area contributed by atoms with Crippen molar-refractivity contribution in [2.24, 2.45) is 0 Å². The van der Waals surface area contributed by atoms with Crippen molar-refractivity contribution < 1.29 is 9.90 Å². The molecule has 0 radical (unpaired) electrons. The maximum absolute atomic E-state index is 10.8. The van der Waals surface area contributed by atoms with Crippen LogP contribution in [0.2, 0.25) is 0 Å². The van der Waals surface area contributed by atoms with Gasteiger partial charge >= 0.3 is 5.97 Å². The first-order valence-corrected chi connectivity index (χ1v) is 6.96. The molecule has 0 aromatic carbocycles. The maximum atomic E-state index is 10.8. The van der Waals surface area contributed by atoms with Gasteiger partial charge in [0.2, 0.25) is 0 Å². The molecule has 0 rings (SSSR count). The molecule has 0 saturated heterocycles. The van der Waals surface area contributed by atoms with Gasteiger partial charge < -0.3 is 5.11 Å². The molecule has 0 spiro atoms. The Morgan fingerprint density at radius 3 is 2.18 bits per heavy atom. The van der Waals surface area contributed by atoms with Gasteiger partial charge in [-0.25, -0.2) is 0 Å². The van der Waals surface area contributed by atoms with Crippen molar-refractivity contribution >= 4 is 5.97 Å². The predicted octanol–water partition coefficient (Wildman–Crippen LogP) is 3.53. The third-order valence-corrected chi connectivity index (χ3v) is 3.27. The summed E-state index contributed by atoms with van der Waals surface area (Å²) in [5.41, 5.74) is 0. The van der Waals surface area contributed by atoms with E-state index < -0.39 is 5.97 Å². The highest BCUT2D eigenvalue weighted by Gasteiger charge is 2.19. The number of aliphatic carboxylic acids is 1. The zero-order valence-electron chi connectivity index (χ0n) is 11.9. The van der Waals surface area contributed by atoms with Gasteiger partial charge in [0.25, 0.3) is 0 Å². The van der Waals surface area contributed by atoms with Crippen LogP contribution >= 0.6 is 0 Å². The van der Waals surface area contributed by atoms with Crippen molar-refractivity contribution in [1.82, 2.24) is 4.90 Å². The van der Waals surface area contributed by atoms with Gasteiger partial charge in [0, 0.05) is 12.1 Å². The zero-order valence-corrected chi connectivity index (χ0v) is 11.9. The molecular formula is C14H29NO2. The highest BCUT2D eigenvalue weighted by molar-refractivity contribution is 5.69. The van der Waals surface area contributed by atoms with Gasteiger partial charge in [-0.1, -0.05) is 39.0 Å². The SMILES string of the molecule is CCCCCCCC(C)N(CC(=O)O)C(C)C. The summed E-state index contributed by atoms with van der Waals surface area (Å²) in [7, 11) is 0. The Hall–Kier alpha value is -0.570. The second kappa shape index (κ2) is 9.46. The molecule has 0 heterocycles. The minimum absolute atomic E-state index is 0.161. The van der Waals surface area contributed by atoms with E-state index in [-0.39, 0.29) is 6.54 Å². The molecule has 0 aliphatic heterocycles. The normalized spacial score (nSPS) is 13.3. The molecule has 0 saturated carbocycles. The highest BCUT2D eigenvalue weighted by Crippen LogP contribution is 2.13. The van der Waals surface area contributed by atoms with Gasteiger partial charge in [-0.05, 0) is 27.2 Å². The van der Waals surface area contributed by atoms with Gasteiger partial charge in [0.15, 0.2) is 0 Å². The van der Waals surface area contributed by atoms with Crippen LogP contribution in [0.3, 0.4) is 0 Å². The van der Waals surface area contributed by atoms with E-state index in [9.17, 15) is 4.79 Å². The van der Waals surface area contributed by atoms with E-state index in [1.807, 2.05) is 0 Å². The Balaban J connectivity index is 3.89. The largest absolute Gasteiger partial charge is 0.480 e. The standard InChI is InChI=1S/C14H29NO2/c1-5-6-7-8-9-10-13(4)15(12(2)3)11-14(16)17/h12-13H,5-11H2,1-4H3,(H,16,17). The molecule has 0 fully saturated rings. The second-order valence-electron chi connectivity index (χ2n) is 5.21. The van der Waals surface area contributed by atoms with Gasteiger partial charge in [-0.15, -0.1) is 0 Å². The first-order chi connectivity index (χ1) is 7.99. The number of carboxylic acid groups (broad SMARTS) is 1. The zero-order chi connectivity index (χ0) is 13.3. The average Bonchev–Trinajstić information content (AvgIpc) is 2.24. The van der Waals surface area contributed by atoms with Crippen LogP contribution in [-0.4, -0.2) is 34.6 Å². The Morgan fingerprint density at radius 2 is 1.71 bits per heavy atom. The van der Waals surface area contributed by atoms with Crippen LogP contribution in [0.15, 0.2) is 0 Å². The van der Waals surface area contributed by atoms with Gasteiger partial charge in [-0.2, -0.15) is 0 Å². The summed E-state index contributed by atoms with van der Waals surface area (Å²) in [6, 6.07) is 0.671. The maximum Gasteiger partial charge on any atom is 0.317 e. The number of carboxylic acids is 1. The molecule has 0 aromatic heterocycles. The Bertz CT molecular complexity index is 204. The Labute approximate surface area is 106 Å². The molecule has 0 bridgehead atoms. The third kappa shape index (κ3) is 8.19. The van der Waals surface area contributed by atoms with Crippen molar-refractivity contribution in [1.29, 1.82) is 0 Å². The summed E-state index contributed by atoms with van der Waals surface area (Å²) >= 11 is 0. The van der Waals surface area contributed by atoms with Crippen LogP contribution in [0.4, 0.5) is 0 Å². The molecule has 17 heavy (non-hydrogen) atoms. The first kappa shape index (κ1) is 16.4. The summed E-state index contributed by atoms with van der Waals surface area (Å²) in [5, 5.41) is 8.88. The van der Waals surface area contributed by atoms with Crippen LogP contribution in [0, 0.1) is 0 Å². The van der Waals surface area contributed by atoms with Crippen molar-refractivity contribution in [2.45, 2.75) is 78.3 Å². The second-order valence-corrected chi connectivity index (χ2v) is 5.21. The third-order valence-electron chi connectivity index (χ3n) is 3.27. The summed E-state index contributed by atoms with van der Waals surface area (Å²) in [5.74, 6) is -0.725. The number of rotatable bonds is 10.